The highest BCUT2D eigenvalue weighted by Crippen LogP contribution is 2.48. The normalized spacial score (nSPS) is 25.0. The fourth-order valence-electron chi connectivity index (χ4n) is 1.90. The third kappa shape index (κ3) is 2.48. The van der Waals surface area contributed by atoms with Gasteiger partial charge in [-0.3, -0.25) is 0 Å². The molecule has 0 bridgehead atoms. The van der Waals surface area contributed by atoms with Crippen LogP contribution in [0.1, 0.15) is 52.9 Å². The van der Waals surface area contributed by atoms with E-state index in [-0.39, 0.29) is 0 Å². The zero-order valence-electron chi connectivity index (χ0n) is 8.77. The molecule has 12 heavy (non-hydrogen) atoms. The minimum atomic E-state index is 0.457. The van der Waals surface area contributed by atoms with Gasteiger partial charge < -0.3 is 5.73 Å². The molecule has 0 heterocycles. The summed E-state index contributed by atoms with van der Waals surface area (Å²) in [4.78, 5) is 0. The van der Waals surface area contributed by atoms with Gasteiger partial charge in [-0.05, 0) is 30.6 Å². The van der Waals surface area contributed by atoms with Gasteiger partial charge in [-0.1, -0.05) is 33.6 Å². The molecule has 0 radical (unpaired) electrons. The van der Waals surface area contributed by atoms with E-state index in [1.165, 1.54) is 32.1 Å². The van der Waals surface area contributed by atoms with Gasteiger partial charge >= 0.3 is 0 Å². The second-order valence-electron chi connectivity index (χ2n) is 4.89. The molecule has 1 heteroatoms. The Balaban J connectivity index is 2.21. The Labute approximate surface area is 76.7 Å². The lowest BCUT2D eigenvalue weighted by atomic mass is 9.89. The number of hydrogen-bond donors (Lipinski definition) is 1. The van der Waals surface area contributed by atoms with Crippen molar-refractivity contribution in [3.8, 4) is 0 Å². The molecule has 1 fully saturated rings. The molecule has 72 valence electrons. The maximum Gasteiger partial charge on any atom is 0.00954 e. The van der Waals surface area contributed by atoms with Crippen molar-refractivity contribution in [2.24, 2.45) is 17.1 Å². The molecule has 1 nitrogen and oxygen atoms in total. The second kappa shape index (κ2) is 3.78. The van der Waals surface area contributed by atoms with Crippen LogP contribution in [0.2, 0.25) is 0 Å². The Morgan fingerprint density at radius 1 is 1.42 bits per heavy atom. The van der Waals surface area contributed by atoms with Crippen LogP contribution in [0.5, 0.6) is 0 Å². The first kappa shape index (κ1) is 10.0. The zero-order chi connectivity index (χ0) is 9.19. The second-order valence-corrected chi connectivity index (χ2v) is 4.89. The van der Waals surface area contributed by atoms with E-state index < -0.39 is 0 Å². The van der Waals surface area contributed by atoms with Crippen LogP contribution in [-0.2, 0) is 0 Å². The van der Waals surface area contributed by atoms with Crippen molar-refractivity contribution in [1.29, 1.82) is 0 Å². The first-order chi connectivity index (χ1) is 5.58. The number of nitrogens with two attached hydrogens (primary N) is 1. The average Bonchev–Trinajstić information content (AvgIpc) is 2.69. The third-order valence-corrected chi connectivity index (χ3v) is 3.37. The van der Waals surface area contributed by atoms with Crippen LogP contribution in [0.3, 0.4) is 0 Å². The predicted octanol–water partition coefficient (Wildman–Crippen LogP) is 2.94. The molecule has 2 atom stereocenters. The molecule has 1 rings (SSSR count). The van der Waals surface area contributed by atoms with Gasteiger partial charge in [-0.2, -0.15) is 0 Å². The summed E-state index contributed by atoms with van der Waals surface area (Å²) in [5, 5.41) is 0. The van der Waals surface area contributed by atoms with Crippen LogP contribution in [0.4, 0.5) is 0 Å². The van der Waals surface area contributed by atoms with Crippen molar-refractivity contribution < 1.29 is 0 Å². The van der Waals surface area contributed by atoms with E-state index in [4.69, 9.17) is 5.73 Å². The van der Waals surface area contributed by atoms with E-state index in [0.717, 1.165) is 5.92 Å². The van der Waals surface area contributed by atoms with Crippen molar-refractivity contribution in [1.82, 2.24) is 0 Å². The molecule has 0 spiro atoms. The summed E-state index contributed by atoms with van der Waals surface area (Å²) in [7, 11) is 0. The molecule has 0 aromatic heterocycles. The van der Waals surface area contributed by atoms with E-state index >= 15 is 0 Å². The molecule has 0 aliphatic heterocycles. The smallest absolute Gasteiger partial charge is 0.00954 e. The van der Waals surface area contributed by atoms with Crippen LogP contribution >= 0.6 is 0 Å². The Hall–Kier alpha value is -0.0400. The topological polar surface area (TPSA) is 26.0 Å². The molecular formula is C11H23N. The summed E-state index contributed by atoms with van der Waals surface area (Å²) >= 11 is 0. The maximum absolute atomic E-state index is 6.14. The van der Waals surface area contributed by atoms with Gasteiger partial charge in [0.25, 0.3) is 0 Å². The lowest BCUT2D eigenvalue weighted by Crippen LogP contribution is -2.31. The lowest BCUT2D eigenvalue weighted by molar-refractivity contribution is 0.342. The van der Waals surface area contributed by atoms with E-state index in [1.54, 1.807) is 0 Å². The highest BCUT2D eigenvalue weighted by Gasteiger charge is 2.42. The molecule has 2 N–H and O–H groups in total. The first-order valence-electron chi connectivity index (χ1n) is 5.34. The van der Waals surface area contributed by atoms with Gasteiger partial charge in [-0.15, -0.1) is 0 Å². The van der Waals surface area contributed by atoms with Crippen molar-refractivity contribution in [3.63, 3.8) is 0 Å². The van der Waals surface area contributed by atoms with E-state index in [2.05, 4.69) is 20.8 Å². The van der Waals surface area contributed by atoms with Gasteiger partial charge in [0.05, 0.1) is 0 Å². The standard InChI is InChI=1S/C11H23N/c1-4-5-9(2)8-10(12)11(3)6-7-11/h9-10H,4-8,12H2,1-3H3. The van der Waals surface area contributed by atoms with Crippen molar-refractivity contribution in [2.75, 3.05) is 0 Å². The summed E-state index contributed by atoms with van der Waals surface area (Å²) < 4.78 is 0. The highest BCUT2D eigenvalue weighted by molar-refractivity contribution is 4.97. The van der Waals surface area contributed by atoms with Gasteiger partial charge in [0, 0.05) is 6.04 Å². The summed E-state index contributed by atoms with van der Waals surface area (Å²) in [6.45, 7) is 6.91. The van der Waals surface area contributed by atoms with E-state index in [9.17, 15) is 0 Å². The van der Waals surface area contributed by atoms with Gasteiger partial charge in [0.2, 0.25) is 0 Å². The van der Waals surface area contributed by atoms with Gasteiger partial charge in [-0.25, -0.2) is 0 Å². The minimum Gasteiger partial charge on any atom is -0.327 e. The predicted molar refractivity (Wildman–Crippen MR) is 54.0 cm³/mol. The Morgan fingerprint density at radius 3 is 2.42 bits per heavy atom. The Morgan fingerprint density at radius 2 is 2.00 bits per heavy atom. The van der Waals surface area contributed by atoms with Crippen LogP contribution in [0.15, 0.2) is 0 Å². The van der Waals surface area contributed by atoms with Crippen LogP contribution < -0.4 is 5.73 Å². The molecule has 1 aliphatic rings. The Bertz CT molecular complexity index is 138. The highest BCUT2D eigenvalue weighted by atomic mass is 14.7. The van der Waals surface area contributed by atoms with Gasteiger partial charge in [0.15, 0.2) is 0 Å². The van der Waals surface area contributed by atoms with Crippen molar-refractivity contribution in [3.05, 3.63) is 0 Å². The maximum atomic E-state index is 6.14. The molecule has 1 saturated carbocycles. The molecule has 0 aromatic carbocycles. The molecule has 0 amide bonds. The lowest BCUT2D eigenvalue weighted by Gasteiger charge is -2.22. The minimum absolute atomic E-state index is 0.457. The molecule has 1 aliphatic carbocycles. The average molecular weight is 169 g/mol. The Kier molecular flexibility index (Phi) is 3.16. The fraction of sp³-hybridized carbons (Fsp3) is 1.00. The fourth-order valence-corrected chi connectivity index (χ4v) is 1.90. The van der Waals surface area contributed by atoms with E-state index in [0.29, 0.717) is 11.5 Å². The monoisotopic (exact) mass is 169 g/mol. The zero-order valence-corrected chi connectivity index (χ0v) is 8.77. The van der Waals surface area contributed by atoms with E-state index in [1.807, 2.05) is 0 Å². The van der Waals surface area contributed by atoms with Crippen LogP contribution in [0.25, 0.3) is 0 Å². The summed E-state index contributed by atoms with van der Waals surface area (Å²) in [5.41, 5.74) is 6.66. The first-order valence-corrected chi connectivity index (χ1v) is 5.34. The van der Waals surface area contributed by atoms with Gasteiger partial charge in [0.1, 0.15) is 0 Å². The van der Waals surface area contributed by atoms with Crippen molar-refractivity contribution >= 4 is 0 Å². The molecule has 2 unspecified atom stereocenters. The summed E-state index contributed by atoms with van der Waals surface area (Å²) in [6, 6.07) is 0.457. The summed E-state index contributed by atoms with van der Waals surface area (Å²) in [5.74, 6) is 0.822. The van der Waals surface area contributed by atoms with Crippen LogP contribution in [-0.4, -0.2) is 6.04 Å². The number of hydrogen-bond acceptors (Lipinski definition) is 1. The molecule has 0 aromatic rings. The molecule has 0 saturated heterocycles. The van der Waals surface area contributed by atoms with Crippen molar-refractivity contribution in [2.45, 2.75) is 58.9 Å². The largest absolute Gasteiger partial charge is 0.327 e. The third-order valence-electron chi connectivity index (χ3n) is 3.37. The van der Waals surface area contributed by atoms with Crippen LogP contribution in [0, 0.1) is 11.3 Å². The molecular weight excluding hydrogens is 146 g/mol. The number of rotatable bonds is 5. The summed E-state index contributed by atoms with van der Waals surface area (Å²) in [6.07, 6.45) is 6.57. The SMILES string of the molecule is CCCC(C)CC(N)C1(C)CC1. The quantitative estimate of drug-likeness (QED) is 0.673.